The minimum atomic E-state index is -3.65. The van der Waals surface area contributed by atoms with Crippen molar-refractivity contribution >= 4 is 27.7 Å². The quantitative estimate of drug-likeness (QED) is 0.551. The SMILES string of the molecule is CC(CNC(=O)c1ccc(NS(=O)(=O)/C=C/c2ccccc2)cc1)Cn1cccn1. The number of amides is 1. The van der Waals surface area contributed by atoms with Gasteiger partial charge >= 0.3 is 0 Å². The van der Waals surface area contributed by atoms with Crippen molar-refractivity contribution in [2.45, 2.75) is 13.5 Å². The molecule has 0 aliphatic rings. The van der Waals surface area contributed by atoms with Gasteiger partial charge in [-0.2, -0.15) is 5.10 Å². The average Bonchev–Trinajstić information content (AvgIpc) is 3.25. The van der Waals surface area contributed by atoms with Crippen LogP contribution in [0.15, 0.2) is 78.5 Å². The van der Waals surface area contributed by atoms with Crippen molar-refractivity contribution in [1.82, 2.24) is 15.1 Å². The molecule has 7 nitrogen and oxygen atoms in total. The molecule has 0 bridgehead atoms. The molecule has 2 N–H and O–H groups in total. The summed E-state index contributed by atoms with van der Waals surface area (Å²) in [6.45, 7) is 3.25. The predicted octanol–water partition coefficient (Wildman–Crippen LogP) is 3.36. The van der Waals surface area contributed by atoms with Crippen LogP contribution >= 0.6 is 0 Å². The van der Waals surface area contributed by atoms with E-state index in [9.17, 15) is 13.2 Å². The normalized spacial score (nSPS) is 12.6. The summed E-state index contributed by atoms with van der Waals surface area (Å²) < 4.78 is 28.7. The summed E-state index contributed by atoms with van der Waals surface area (Å²) >= 11 is 0. The van der Waals surface area contributed by atoms with Crippen molar-refractivity contribution in [2.75, 3.05) is 11.3 Å². The van der Waals surface area contributed by atoms with Crippen LogP contribution in [0.2, 0.25) is 0 Å². The maximum atomic E-state index is 12.3. The van der Waals surface area contributed by atoms with E-state index in [1.54, 1.807) is 30.5 Å². The number of aromatic nitrogens is 2. The fraction of sp³-hybridized carbons (Fsp3) is 0.182. The molecule has 1 atom stereocenters. The van der Waals surface area contributed by atoms with E-state index in [1.807, 2.05) is 54.2 Å². The van der Waals surface area contributed by atoms with Crippen molar-refractivity contribution in [1.29, 1.82) is 0 Å². The van der Waals surface area contributed by atoms with Gasteiger partial charge in [-0.15, -0.1) is 0 Å². The highest BCUT2D eigenvalue weighted by molar-refractivity contribution is 7.95. The Hall–Kier alpha value is -3.39. The van der Waals surface area contributed by atoms with E-state index in [4.69, 9.17) is 0 Å². The first kappa shape index (κ1) is 21.3. The average molecular weight is 425 g/mol. The molecule has 1 unspecified atom stereocenters. The largest absolute Gasteiger partial charge is 0.352 e. The van der Waals surface area contributed by atoms with Crippen LogP contribution in [0.5, 0.6) is 0 Å². The highest BCUT2D eigenvalue weighted by Crippen LogP contribution is 2.13. The molecule has 1 amide bonds. The summed E-state index contributed by atoms with van der Waals surface area (Å²) in [4.78, 5) is 12.3. The predicted molar refractivity (Wildman–Crippen MR) is 118 cm³/mol. The minimum Gasteiger partial charge on any atom is -0.352 e. The lowest BCUT2D eigenvalue weighted by Gasteiger charge is -2.13. The molecule has 0 radical (unpaired) electrons. The molecule has 30 heavy (non-hydrogen) atoms. The third kappa shape index (κ3) is 6.59. The van der Waals surface area contributed by atoms with Crippen LogP contribution in [-0.2, 0) is 16.6 Å². The third-order valence-electron chi connectivity index (χ3n) is 4.32. The first-order valence-electron chi connectivity index (χ1n) is 9.53. The molecule has 0 saturated heterocycles. The van der Waals surface area contributed by atoms with E-state index in [1.165, 1.54) is 6.08 Å². The number of hydrogen-bond donors (Lipinski definition) is 2. The Labute approximate surface area is 176 Å². The third-order valence-corrected chi connectivity index (χ3v) is 5.33. The summed E-state index contributed by atoms with van der Waals surface area (Å²) in [7, 11) is -3.65. The molecular weight excluding hydrogens is 400 g/mol. The highest BCUT2D eigenvalue weighted by atomic mass is 32.2. The van der Waals surface area contributed by atoms with E-state index in [2.05, 4.69) is 15.1 Å². The number of carbonyl (C=O) groups is 1. The van der Waals surface area contributed by atoms with E-state index in [0.29, 0.717) is 24.3 Å². The number of benzene rings is 2. The molecule has 3 aromatic rings. The molecule has 0 aliphatic carbocycles. The van der Waals surface area contributed by atoms with Gasteiger partial charge in [-0.25, -0.2) is 8.42 Å². The van der Waals surface area contributed by atoms with Crippen LogP contribution in [0.4, 0.5) is 5.69 Å². The van der Waals surface area contributed by atoms with Crippen molar-refractivity contribution in [3.8, 4) is 0 Å². The number of rotatable bonds is 9. The van der Waals surface area contributed by atoms with E-state index in [-0.39, 0.29) is 11.8 Å². The summed E-state index contributed by atoms with van der Waals surface area (Å²) in [5.74, 6) is 0.0111. The lowest BCUT2D eigenvalue weighted by atomic mass is 10.1. The van der Waals surface area contributed by atoms with Gasteiger partial charge in [-0.1, -0.05) is 37.3 Å². The Kier molecular flexibility index (Phi) is 7.03. The number of nitrogens with zero attached hydrogens (tertiary/aromatic N) is 2. The molecule has 0 saturated carbocycles. The van der Waals surface area contributed by atoms with Gasteiger partial charge < -0.3 is 5.32 Å². The van der Waals surface area contributed by atoms with Gasteiger partial charge in [0.1, 0.15) is 0 Å². The van der Waals surface area contributed by atoms with Crippen molar-refractivity contribution in [3.63, 3.8) is 0 Å². The second-order valence-corrected chi connectivity index (χ2v) is 8.55. The van der Waals surface area contributed by atoms with Crippen molar-refractivity contribution in [3.05, 3.63) is 89.6 Å². The van der Waals surface area contributed by atoms with Gasteiger partial charge in [0, 0.05) is 36.7 Å². The molecule has 0 spiro atoms. The molecular formula is C22H24N4O3S. The van der Waals surface area contributed by atoms with Crippen molar-refractivity contribution < 1.29 is 13.2 Å². The summed E-state index contributed by atoms with van der Waals surface area (Å²) in [5.41, 5.74) is 1.64. The Morgan fingerprint density at radius 3 is 2.50 bits per heavy atom. The number of hydrogen-bond acceptors (Lipinski definition) is 4. The number of carbonyl (C=O) groups excluding carboxylic acids is 1. The Bertz CT molecular complexity index is 1080. The monoisotopic (exact) mass is 424 g/mol. The molecule has 156 valence electrons. The number of sulfonamides is 1. The van der Waals surface area contributed by atoms with Gasteiger partial charge in [0.15, 0.2) is 0 Å². The van der Waals surface area contributed by atoms with Gasteiger partial charge in [-0.3, -0.25) is 14.2 Å². The number of nitrogens with one attached hydrogen (secondary N) is 2. The molecule has 2 aromatic carbocycles. The standard InChI is InChI=1S/C22H24N4O3S/c1-18(17-26-14-5-13-24-26)16-23-22(27)20-8-10-21(11-9-20)25-30(28,29)15-12-19-6-3-2-4-7-19/h2-15,18,25H,16-17H2,1H3,(H,23,27)/b15-12+. The molecule has 1 heterocycles. The minimum absolute atomic E-state index is 0.208. The maximum absolute atomic E-state index is 12.3. The highest BCUT2D eigenvalue weighted by Gasteiger charge is 2.10. The van der Waals surface area contributed by atoms with Gasteiger partial charge in [-0.05, 0) is 47.9 Å². The zero-order chi connectivity index (χ0) is 21.4. The van der Waals surface area contributed by atoms with Gasteiger partial charge in [0.25, 0.3) is 15.9 Å². The lowest BCUT2D eigenvalue weighted by molar-refractivity contribution is 0.0946. The smallest absolute Gasteiger partial charge is 0.255 e. The maximum Gasteiger partial charge on any atom is 0.255 e. The fourth-order valence-electron chi connectivity index (χ4n) is 2.78. The van der Waals surface area contributed by atoms with Gasteiger partial charge in [0.05, 0.1) is 5.41 Å². The molecule has 0 aliphatic heterocycles. The molecule has 8 heteroatoms. The van der Waals surface area contributed by atoms with Crippen LogP contribution in [0, 0.1) is 5.92 Å². The second kappa shape index (κ2) is 9.89. The van der Waals surface area contributed by atoms with Gasteiger partial charge in [0.2, 0.25) is 0 Å². The topological polar surface area (TPSA) is 93.1 Å². The van der Waals surface area contributed by atoms with Crippen LogP contribution in [0.1, 0.15) is 22.8 Å². The summed E-state index contributed by atoms with van der Waals surface area (Å²) in [6.07, 6.45) is 5.13. The zero-order valence-corrected chi connectivity index (χ0v) is 17.4. The van der Waals surface area contributed by atoms with E-state index in [0.717, 1.165) is 11.0 Å². The summed E-state index contributed by atoms with van der Waals surface area (Å²) in [6, 6.07) is 17.3. The lowest BCUT2D eigenvalue weighted by Crippen LogP contribution is -2.30. The Morgan fingerprint density at radius 1 is 1.10 bits per heavy atom. The van der Waals surface area contributed by atoms with E-state index >= 15 is 0 Å². The van der Waals surface area contributed by atoms with Crippen LogP contribution in [-0.4, -0.2) is 30.7 Å². The molecule has 3 rings (SSSR count). The van der Waals surface area contributed by atoms with Crippen LogP contribution < -0.4 is 10.0 Å². The fourth-order valence-corrected chi connectivity index (χ4v) is 3.65. The van der Waals surface area contributed by atoms with Crippen LogP contribution in [0.3, 0.4) is 0 Å². The summed E-state index contributed by atoms with van der Waals surface area (Å²) in [5, 5.41) is 8.16. The van der Waals surface area contributed by atoms with Crippen molar-refractivity contribution in [2.24, 2.45) is 5.92 Å². The van der Waals surface area contributed by atoms with Crippen LogP contribution in [0.25, 0.3) is 6.08 Å². The Balaban J connectivity index is 1.52. The number of anilines is 1. The second-order valence-electron chi connectivity index (χ2n) is 6.98. The first-order chi connectivity index (χ1) is 14.4. The first-order valence-corrected chi connectivity index (χ1v) is 11.1. The van der Waals surface area contributed by atoms with E-state index < -0.39 is 10.0 Å². The zero-order valence-electron chi connectivity index (χ0n) is 16.6. The molecule has 0 fully saturated rings. The molecule has 1 aromatic heterocycles. The Morgan fingerprint density at radius 2 is 1.83 bits per heavy atom.